The molecule has 0 aliphatic heterocycles. The molecule has 2 aromatic heterocycles. The Labute approximate surface area is 137 Å². The molecule has 0 spiro atoms. The van der Waals surface area contributed by atoms with Crippen LogP contribution in [0, 0.1) is 5.41 Å². The lowest BCUT2D eigenvalue weighted by Gasteiger charge is -2.31. The fraction of sp³-hybridized carbons (Fsp3) is 0.533. The molecule has 0 fully saturated rings. The van der Waals surface area contributed by atoms with Crippen LogP contribution in [0.4, 0.5) is 13.2 Å². The van der Waals surface area contributed by atoms with Crippen LogP contribution in [0.15, 0.2) is 24.8 Å². The molecule has 0 bridgehead atoms. The molecule has 2 aromatic rings. The van der Waals surface area contributed by atoms with Gasteiger partial charge in [-0.1, -0.05) is 20.8 Å². The molecule has 1 amide bonds. The van der Waals surface area contributed by atoms with Crippen LogP contribution in [-0.4, -0.2) is 31.3 Å². The Morgan fingerprint density at radius 3 is 2.46 bits per heavy atom. The standard InChI is InChI=1S/C15H20F3N5O/c1-14(2,3)12(8-23-6-5-19-9-23)20-13(24)10-7-11(15(16,17)18)21-22(10)4/h5-7,9,12H,8H2,1-4H3,(H,20,24)/t12-/m1/s1. The van der Waals surface area contributed by atoms with Crippen LogP contribution in [0.1, 0.15) is 37.0 Å². The highest BCUT2D eigenvalue weighted by Gasteiger charge is 2.36. The monoisotopic (exact) mass is 343 g/mol. The lowest BCUT2D eigenvalue weighted by Crippen LogP contribution is -2.46. The number of aromatic nitrogens is 4. The number of hydrogen-bond donors (Lipinski definition) is 1. The van der Waals surface area contributed by atoms with Gasteiger partial charge in [-0.25, -0.2) is 4.98 Å². The van der Waals surface area contributed by atoms with Crippen molar-refractivity contribution < 1.29 is 18.0 Å². The van der Waals surface area contributed by atoms with Crippen molar-refractivity contribution in [3.63, 3.8) is 0 Å². The lowest BCUT2D eigenvalue weighted by molar-refractivity contribution is -0.141. The van der Waals surface area contributed by atoms with E-state index in [9.17, 15) is 18.0 Å². The maximum Gasteiger partial charge on any atom is 0.435 e. The van der Waals surface area contributed by atoms with Gasteiger partial charge in [-0.05, 0) is 5.41 Å². The maximum absolute atomic E-state index is 12.7. The number of halogens is 3. The van der Waals surface area contributed by atoms with Gasteiger partial charge in [0.1, 0.15) is 5.69 Å². The zero-order valence-electron chi connectivity index (χ0n) is 13.9. The molecule has 0 aliphatic carbocycles. The van der Waals surface area contributed by atoms with E-state index in [4.69, 9.17) is 0 Å². The third kappa shape index (κ3) is 4.15. The first-order valence-corrected chi connectivity index (χ1v) is 7.36. The predicted molar refractivity (Wildman–Crippen MR) is 81.1 cm³/mol. The molecule has 24 heavy (non-hydrogen) atoms. The van der Waals surface area contributed by atoms with E-state index in [0.717, 1.165) is 10.7 Å². The van der Waals surface area contributed by atoms with E-state index in [1.807, 2.05) is 20.8 Å². The number of hydrogen-bond acceptors (Lipinski definition) is 3. The Hall–Kier alpha value is -2.32. The first kappa shape index (κ1) is 18.0. The van der Waals surface area contributed by atoms with Crippen molar-refractivity contribution in [3.05, 3.63) is 36.2 Å². The van der Waals surface area contributed by atoms with Gasteiger partial charge in [0.2, 0.25) is 0 Å². The molecule has 1 N–H and O–H groups in total. The summed E-state index contributed by atoms with van der Waals surface area (Å²) in [6, 6.07) is 0.454. The van der Waals surface area contributed by atoms with Gasteiger partial charge in [0.25, 0.3) is 5.91 Å². The lowest BCUT2D eigenvalue weighted by atomic mass is 9.86. The van der Waals surface area contributed by atoms with Gasteiger partial charge >= 0.3 is 6.18 Å². The average molecular weight is 343 g/mol. The van der Waals surface area contributed by atoms with Crippen molar-refractivity contribution >= 4 is 5.91 Å². The summed E-state index contributed by atoms with van der Waals surface area (Å²) in [5.74, 6) is -0.597. The summed E-state index contributed by atoms with van der Waals surface area (Å²) in [5.41, 5.74) is -1.52. The van der Waals surface area contributed by atoms with Crippen LogP contribution in [0.2, 0.25) is 0 Å². The Morgan fingerprint density at radius 1 is 1.33 bits per heavy atom. The summed E-state index contributed by atoms with van der Waals surface area (Å²) >= 11 is 0. The summed E-state index contributed by atoms with van der Waals surface area (Å²) in [6.45, 7) is 6.29. The smallest absolute Gasteiger partial charge is 0.346 e. The van der Waals surface area contributed by atoms with Gasteiger partial charge in [0.15, 0.2) is 5.69 Å². The fourth-order valence-corrected chi connectivity index (χ4v) is 2.19. The van der Waals surface area contributed by atoms with E-state index >= 15 is 0 Å². The molecule has 0 radical (unpaired) electrons. The highest BCUT2D eigenvalue weighted by atomic mass is 19.4. The first-order chi connectivity index (χ1) is 11.0. The number of carbonyl (C=O) groups excluding carboxylic acids is 1. The third-order valence-corrected chi connectivity index (χ3v) is 3.71. The van der Waals surface area contributed by atoms with Gasteiger partial charge in [-0.2, -0.15) is 18.3 Å². The topological polar surface area (TPSA) is 64.7 Å². The highest BCUT2D eigenvalue weighted by Crippen LogP contribution is 2.28. The van der Waals surface area contributed by atoms with Crippen molar-refractivity contribution in [2.24, 2.45) is 12.5 Å². The Morgan fingerprint density at radius 2 is 2.00 bits per heavy atom. The van der Waals surface area contributed by atoms with Crippen molar-refractivity contribution in [2.45, 2.75) is 39.5 Å². The third-order valence-electron chi connectivity index (χ3n) is 3.71. The van der Waals surface area contributed by atoms with Crippen LogP contribution < -0.4 is 5.32 Å². The van der Waals surface area contributed by atoms with Crippen LogP contribution in [-0.2, 0) is 19.8 Å². The Balaban J connectivity index is 2.20. The molecule has 6 nitrogen and oxygen atoms in total. The summed E-state index contributed by atoms with van der Waals surface area (Å²) in [5, 5.41) is 6.17. The zero-order valence-corrected chi connectivity index (χ0v) is 13.9. The molecule has 2 heterocycles. The van der Waals surface area contributed by atoms with E-state index in [2.05, 4.69) is 15.4 Å². The number of rotatable bonds is 4. The second-order valence-electron chi connectivity index (χ2n) is 6.69. The van der Waals surface area contributed by atoms with Crippen molar-refractivity contribution in [3.8, 4) is 0 Å². The minimum absolute atomic E-state index is 0.137. The van der Waals surface area contributed by atoms with Crippen molar-refractivity contribution in [1.82, 2.24) is 24.6 Å². The maximum atomic E-state index is 12.7. The van der Waals surface area contributed by atoms with Crippen molar-refractivity contribution in [2.75, 3.05) is 0 Å². The molecular formula is C15H20F3N5O. The Kier molecular flexibility index (Phi) is 4.73. The predicted octanol–water partition coefficient (Wildman–Crippen LogP) is 2.48. The molecular weight excluding hydrogens is 323 g/mol. The molecule has 2 rings (SSSR count). The molecule has 9 heteroatoms. The normalized spacial score (nSPS) is 13.8. The number of imidazole rings is 1. The summed E-state index contributed by atoms with van der Waals surface area (Å²) < 4.78 is 40.9. The Bertz CT molecular complexity index is 698. The van der Waals surface area contributed by atoms with E-state index < -0.39 is 17.8 Å². The second kappa shape index (κ2) is 6.29. The van der Waals surface area contributed by atoms with Gasteiger partial charge < -0.3 is 9.88 Å². The van der Waals surface area contributed by atoms with Crippen LogP contribution >= 0.6 is 0 Å². The van der Waals surface area contributed by atoms with E-state index in [1.165, 1.54) is 7.05 Å². The molecule has 0 unspecified atom stereocenters. The number of nitrogens with one attached hydrogen (secondary N) is 1. The van der Waals surface area contributed by atoms with E-state index in [-0.39, 0.29) is 17.2 Å². The zero-order chi connectivity index (χ0) is 18.1. The highest BCUT2D eigenvalue weighted by molar-refractivity contribution is 5.92. The number of carbonyl (C=O) groups is 1. The van der Waals surface area contributed by atoms with Gasteiger partial charge in [0.05, 0.1) is 12.4 Å². The summed E-state index contributed by atoms with van der Waals surface area (Å²) in [6.07, 6.45) is 0.419. The quantitative estimate of drug-likeness (QED) is 0.928. The number of nitrogens with zero attached hydrogens (tertiary/aromatic N) is 4. The molecule has 1 atom stereocenters. The number of aryl methyl sites for hydroxylation is 1. The molecule has 0 aliphatic rings. The SMILES string of the molecule is Cn1nc(C(F)(F)F)cc1C(=O)N[C@H](Cn1ccnc1)C(C)(C)C. The number of amides is 1. The minimum atomic E-state index is -4.59. The number of alkyl halides is 3. The largest absolute Gasteiger partial charge is 0.435 e. The molecule has 132 valence electrons. The fourth-order valence-electron chi connectivity index (χ4n) is 2.19. The molecule has 0 saturated heterocycles. The first-order valence-electron chi connectivity index (χ1n) is 7.36. The molecule has 0 saturated carbocycles. The van der Waals surface area contributed by atoms with E-state index in [0.29, 0.717) is 6.54 Å². The molecule has 0 aromatic carbocycles. The second-order valence-corrected chi connectivity index (χ2v) is 6.69. The van der Waals surface area contributed by atoms with Gasteiger partial charge in [-0.15, -0.1) is 0 Å². The average Bonchev–Trinajstić information content (AvgIpc) is 3.05. The summed E-state index contributed by atoms with van der Waals surface area (Å²) in [7, 11) is 1.31. The van der Waals surface area contributed by atoms with Crippen molar-refractivity contribution in [1.29, 1.82) is 0 Å². The van der Waals surface area contributed by atoms with Crippen LogP contribution in [0.3, 0.4) is 0 Å². The minimum Gasteiger partial charge on any atom is -0.346 e. The van der Waals surface area contributed by atoms with Crippen LogP contribution in [0.25, 0.3) is 0 Å². The van der Waals surface area contributed by atoms with Gasteiger partial charge in [0, 0.05) is 32.1 Å². The summed E-state index contributed by atoms with van der Waals surface area (Å²) in [4.78, 5) is 16.4. The van der Waals surface area contributed by atoms with Gasteiger partial charge in [-0.3, -0.25) is 9.48 Å². The van der Waals surface area contributed by atoms with Crippen LogP contribution in [0.5, 0.6) is 0 Å². The van der Waals surface area contributed by atoms with E-state index in [1.54, 1.807) is 23.3 Å².